The SMILES string of the molecule is CC[C@H](C(=O)N[C@@H](C)CC)N(Cc1c(Cl)cccc1Cl)C(=O)CN(c1ccc(Cl)cc1)S(=O)(=O)c1ccc(OC)c(OC)c1. The number of sulfonamides is 1. The fourth-order valence-electron chi connectivity index (χ4n) is 4.45. The fraction of sp³-hybridized carbons (Fsp3) is 0.355. The van der Waals surface area contributed by atoms with E-state index >= 15 is 0 Å². The van der Waals surface area contributed by atoms with Gasteiger partial charge in [-0.25, -0.2) is 8.42 Å². The first-order chi connectivity index (χ1) is 20.9. The lowest BCUT2D eigenvalue weighted by atomic mass is 10.1. The summed E-state index contributed by atoms with van der Waals surface area (Å²) in [6.07, 6.45) is 0.930. The topological polar surface area (TPSA) is 105 Å². The van der Waals surface area contributed by atoms with Crippen molar-refractivity contribution in [1.82, 2.24) is 10.2 Å². The molecule has 1 N–H and O–H groups in total. The highest BCUT2D eigenvalue weighted by Gasteiger charge is 2.35. The van der Waals surface area contributed by atoms with E-state index in [4.69, 9.17) is 44.3 Å². The molecule has 2 atom stereocenters. The van der Waals surface area contributed by atoms with E-state index in [1.807, 2.05) is 13.8 Å². The van der Waals surface area contributed by atoms with E-state index in [2.05, 4.69) is 5.32 Å². The summed E-state index contributed by atoms with van der Waals surface area (Å²) in [5, 5.41) is 3.92. The molecule has 0 spiro atoms. The number of carbonyl (C=O) groups is 2. The van der Waals surface area contributed by atoms with Gasteiger partial charge in [-0.15, -0.1) is 0 Å². The number of amides is 2. The van der Waals surface area contributed by atoms with Crippen LogP contribution in [-0.2, 0) is 26.2 Å². The van der Waals surface area contributed by atoms with Gasteiger partial charge in [0.1, 0.15) is 12.6 Å². The molecule has 0 aromatic heterocycles. The van der Waals surface area contributed by atoms with Gasteiger partial charge >= 0.3 is 0 Å². The number of halogens is 3. The zero-order valence-corrected chi connectivity index (χ0v) is 28.2. The lowest BCUT2D eigenvalue weighted by molar-refractivity contribution is -0.140. The molecule has 0 aliphatic rings. The van der Waals surface area contributed by atoms with Crippen molar-refractivity contribution in [2.45, 2.75) is 57.1 Å². The smallest absolute Gasteiger partial charge is 0.264 e. The number of benzene rings is 3. The Labute approximate surface area is 274 Å². The number of nitrogens with one attached hydrogen (secondary N) is 1. The molecule has 0 bridgehead atoms. The Hall–Kier alpha value is -3.18. The number of hydrogen-bond donors (Lipinski definition) is 1. The molecule has 3 aromatic rings. The van der Waals surface area contributed by atoms with Gasteiger partial charge in [-0.05, 0) is 68.3 Å². The van der Waals surface area contributed by atoms with Gasteiger partial charge in [-0.3, -0.25) is 13.9 Å². The number of methoxy groups -OCH3 is 2. The predicted octanol–water partition coefficient (Wildman–Crippen LogP) is 6.58. The molecule has 0 saturated heterocycles. The summed E-state index contributed by atoms with van der Waals surface area (Å²) in [4.78, 5) is 28.9. The summed E-state index contributed by atoms with van der Waals surface area (Å²) in [5.41, 5.74) is 0.616. The maximum absolute atomic E-state index is 14.3. The second-order valence-electron chi connectivity index (χ2n) is 9.97. The average molecular weight is 685 g/mol. The number of anilines is 1. The van der Waals surface area contributed by atoms with Gasteiger partial charge in [-0.1, -0.05) is 54.7 Å². The van der Waals surface area contributed by atoms with E-state index in [1.54, 1.807) is 25.1 Å². The monoisotopic (exact) mass is 683 g/mol. The fourth-order valence-corrected chi connectivity index (χ4v) is 6.53. The van der Waals surface area contributed by atoms with E-state index in [9.17, 15) is 18.0 Å². The van der Waals surface area contributed by atoms with Crippen LogP contribution in [0.4, 0.5) is 5.69 Å². The Morgan fingerprint density at radius 2 is 1.50 bits per heavy atom. The molecule has 9 nitrogen and oxygen atoms in total. The van der Waals surface area contributed by atoms with E-state index in [0.717, 1.165) is 4.31 Å². The van der Waals surface area contributed by atoms with Gasteiger partial charge in [-0.2, -0.15) is 0 Å². The van der Waals surface area contributed by atoms with Crippen molar-refractivity contribution in [1.29, 1.82) is 0 Å². The van der Waals surface area contributed by atoms with Crippen LogP contribution in [0.2, 0.25) is 15.1 Å². The summed E-state index contributed by atoms with van der Waals surface area (Å²) in [6, 6.07) is 14.0. The molecular formula is C31H36Cl3N3O6S. The Bertz CT molecular complexity index is 1550. The minimum absolute atomic E-state index is 0.130. The highest BCUT2D eigenvalue weighted by atomic mass is 35.5. The predicted molar refractivity (Wildman–Crippen MR) is 175 cm³/mol. The summed E-state index contributed by atoms with van der Waals surface area (Å²) >= 11 is 19.0. The van der Waals surface area contributed by atoms with Crippen LogP contribution < -0.4 is 19.1 Å². The van der Waals surface area contributed by atoms with Crippen molar-refractivity contribution in [3.63, 3.8) is 0 Å². The van der Waals surface area contributed by atoms with Crippen LogP contribution in [-0.4, -0.2) is 58.0 Å². The van der Waals surface area contributed by atoms with Crippen molar-refractivity contribution in [2.75, 3.05) is 25.1 Å². The van der Waals surface area contributed by atoms with Crippen molar-refractivity contribution < 1.29 is 27.5 Å². The number of carbonyl (C=O) groups excluding carboxylic acids is 2. The zero-order chi connectivity index (χ0) is 32.6. The Morgan fingerprint density at radius 1 is 0.886 bits per heavy atom. The van der Waals surface area contributed by atoms with E-state index in [-0.39, 0.29) is 41.2 Å². The first-order valence-electron chi connectivity index (χ1n) is 13.9. The second-order valence-corrected chi connectivity index (χ2v) is 13.1. The van der Waals surface area contributed by atoms with E-state index in [1.165, 1.54) is 61.6 Å². The minimum Gasteiger partial charge on any atom is -0.493 e. The number of ether oxygens (including phenoxy) is 2. The van der Waals surface area contributed by atoms with Crippen LogP contribution in [0.15, 0.2) is 65.6 Å². The quantitative estimate of drug-likeness (QED) is 0.206. The standard InChI is InChI=1S/C31H36Cl3N3O6S/c1-6-20(3)35-31(39)27(7-2)36(18-24-25(33)9-8-10-26(24)34)30(38)19-37(22-13-11-21(32)12-14-22)44(40,41)23-15-16-28(42-4)29(17-23)43-5/h8-17,20,27H,6-7,18-19H2,1-5H3,(H,35,39)/t20-,27+/m0/s1. The molecule has 0 heterocycles. The third-order valence-electron chi connectivity index (χ3n) is 7.11. The van der Waals surface area contributed by atoms with Crippen LogP contribution in [0.1, 0.15) is 39.2 Å². The molecule has 3 rings (SSSR count). The molecule has 0 aliphatic carbocycles. The molecule has 238 valence electrons. The third kappa shape index (κ3) is 8.29. The van der Waals surface area contributed by atoms with Gasteiger partial charge < -0.3 is 19.7 Å². The molecule has 13 heteroatoms. The van der Waals surface area contributed by atoms with Gasteiger partial charge in [0, 0.05) is 39.3 Å². The highest BCUT2D eigenvalue weighted by Crippen LogP contribution is 2.33. The third-order valence-corrected chi connectivity index (χ3v) is 9.84. The molecule has 0 fully saturated rings. The largest absolute Gasteiger partial charge is 0.493 e. The molecule has 0 unspecified atom stereocenters. The summed E-state index contributed by atoms with van der Waals surface area (Å²) < 4.78 is 39.9. The minimum atomic E-state index is -4.36. The van der Waals surface area contributed by atoms with Crippen molar-refractivity contribution in [3.8, 4) is 11.5 Å². The first-order valence-corrected chi connectivity index (χ1v) is 16.5. The molecular weight excluding hydrogens is 649 g/mol. The molecule has 2 amide bonds. The van der Waals surface area contributed by atoms with Crippen LogP contribution in [0, 0.1) is 0 Å². The number of nitrogens with zero attached hydrogens (tertiary/aromatic N) is 2. The zero-order valence-electron chi connectivity index (χ0n) is 25.1. The maximum atomic E-state index is 14.3. The van der Waals surface area contributed by atoms with Crippen LogP contribution in [0.5, 0.6) is 11.5 Å². The Balaban J connectivity index is 2.13. The lowest BCUT2D eigenvalue weighted by Crippen LogP contribution is -2.53. The molecule has 3 aromatic carbocycles. The number of hydrogen-bond acceptors (Lipinski definition) is 6. The van der Waals surface area contributed by atoms with Gasteiger partial charge in [0.15, 0.2) is 11.5 Å². The first kappa shape index (κ1) is 35.3. The van der Waals surface area contributed by atoms with Crippen molar-refractivity contribution in [3.05, 3.63) is 81.3 Å². The Kier molecular flexibility index (Phi) is 12.6. The van der Waals surface area contributed by atoms with Crippen molar-refractivity contribution >= 4 is 62.3 Å². The molecule has 0 saturated carbocycles. The van der Waals surface area contributed by atoms with Crippen LogP contribution in [0.3, 0.4) is 0 Å². The van der Waals surface area contributed by atoms with Crippen LogP contribution in [0.25, 0.3) is 0 Å². The van der Waals surface area contributed by atoms with Crippen LogP contribution >= 0.6 is 34.8 Å². The Morgan fingerprint density at radius 3 is 2.05 bits per heavy atom. The summed E-state index contributed by atoms with van der Waals surface area (Å²) in [7, 11) is -1.54. The van der Waals surface area contributed by atoms with Gasteiger partial charge in [0.2, 0.25) is 11.8 Å². The molecule has 0 radical (unpaired) electrons. The average Bonchev–Trinajstić information content (AvgIpc) is 3.00. The van der Waals surface area contributed by atoms with Gasteiger partial charge in [0.05, 0.1) is 24.8 Å². The summed E-state index contributed by atoms with van der Waals surface area (Å²) in [6.45, 7) is 4.79. The second kappa shape index (κ2) is 15.7. The lowest BCUT2D eigenvalue weighted by Gasteiger charge is -2.34. The highest BCUT2D eigenvalue weighted by molar-refractivity contribution is 7.92. The normalized spacial score (nSPS) is 12.6. The van der Waals surface area contributed by atoms with E-state index in [0.29, 0.717) is 32.8 Å². The summed E-state index contributed by atoms with van der Waals surface area (Å²) in [5.74, 6) is -0.495. The molecule has 0 aliphatic heterocycles. The van der Waals surface area contributed by atoms with Gasteiger partial charge in [0.25, 0.3) is 10.0 Å². The van der Waals surface area contributed by atoms with E-state index < -0.39 is 28.5 Å². The van der Waals surface area contributed by atoms with Crippen molar-refractivity contribution in [2.24, 2.45) is 0 Å². The molecule has 44 heavy (non-hydrogen) atoms. The maximum Gasteiger partial charge on any atom is 0.264 e. The number of rotatable bonds is 14.